The SMILES string of the molecule is CCOc1ccccc1N(CCCC(=O)N(Cc1ccccc1C)[C@@H](Cc1ccccc1)C(=O)NC(C)(C)C)S(C)(=O)=O. The van der Waals surface area contributed by atoms with E-state index in [0.29, 0.717) is 24.5 Å². The zero-order valence-corrected chi connectivity index (χ0v) is 27.0. The molecule has 0 aliphatic rings. The molecule has 0 saturated heterocycles. The molecule has 3 aromatic carbocycles. The molecule has 0 saturated carbocycles. The number of hydrogen-bond donors (Lipinski definition) is 1. The van der Waals surface area contributed by atoms with Crippen molar-refractivity contribution in [2.24, 2.45) is 0 Å². The topological polar surface area (TPSA) is 96.0 Å². The third kappa shape index (κ3) is 10.1. The van der Waals surface area contributed by atoms with E-state index in [2.05, 4.69) is 5.32 Å². The number of nitrogens with zero attached hydrogens (tertiary/aromatic N) is 2. The summed E-state index contributed by atoms with van der Waals surface area (Å²) in [7, 11) is -3.66. The first-order chi connectivity index (χ1) is 20.3. The zero-order valence-electron chi connectivity index (χ0n) is 26.2. The Kier molecular flexibility index (Phi) is 11.8. The maximum Gasteiger partial charge on any atom is 0.243 e. The molecule has 1 atom stereocenters. The molecule has 0 spiro atoms. The Morgan fingerprint density at radius 3 is 2.19 bits per heavy atom. The van der Waals surface area contributed by atoms with Crippen molar-refractivity contribution >= 4 is 27.5 Å². The van der Waals surface area contributed by atoms with Gasteiger partial charge in [-0.2, -0.15) is 0 Å². The Morgan fingerprint density at radius 2 is 1.56 bits per heavy atom. The standard InChI is InChI=1S/C34H45N3O5S/c1-7-42-31-21-14-13-20-29(31)37(43(6,40)41)23-15-22-32(38)36(25-28-19-12-11-16-26(28)2)30(33(39)35-34(3,4)5)24-27-17-9-8-10-18-27/h8-14,16-21,30H,7,15,22-25H2,1-6H3,(H,35,39)/t30-/m0/s1. The number of ether oxygens (including phenoxy) is 1. The van der Waals surface area contributed by atoms with Crippen LogP contribution in [0.25, 0.3) is 0 Å². The molecule has 0 aliphatic heterocycles. The highest BCUT2D eigenvalue weighted by Gasteiger charge is 2.32. The van der Waals surface area contributed by atoms with E-state index in [9.17, 15) is 18.0 Å². The van der Waals surface area contributed by atoms with Crippen LogP contribution >= 0.6 is 0 Å². The molecule has 0 bridgehead atoms. The van der Waals surface area contributed by atoms with Crippen molar-refractivity contribution in [3.63, 3.8) is 0 Å². The third-order valence-corrected chi connectivity index (χ3v) is 8.14. The fraction of sp³-hybridized carbons (Fsp3) is 0.412. The maximum atomic E-state index is 14.1. The lowest BCUT2D eigenvalue weighted by Crippen LogP contribution is -2.54. The second-order valence-corrected chi connectivity index (χ2v) is 13.6. The Hall–Kier alpha value is -3.85. The van der Waals surface area contributed by atoms with Gasteiger partial charge in [0.05, 0.1) is 18.6 Å². The van der Waals surface area contributed by atoms with E-state index in [1.807, 2.05) is 89.2 Å². The van der Waals surface area contributed by atoms with E-state index in [1.54, 1.807) is 29.2 Å². The summed E-state index contributed by atoms with van der Waals surface area (Å²) >= 11 is 0. The van der Waals surface area contributed by atoms with Gasteiger partial charge in [0.2, 0.25) is 21.8 Å². The van der Waals surface area contributed by atoms with Crippen LogP contribution in [-0.2, 0) is 32.6 Å². The Labute approximate surface area is 257 Å². The lowest BCUT2D eigenvalue weighted by molar-refractivity contribution is -0.142. The summed E-state index contributed by atoms with van der Waals surface area (Å²) in [6.07, 6.45) is 1.81. The van der Waals surface area contributed by atoms with Gasteiger partial charge < -0.3 is 15.0 Å². The molecule has 9 heteroatoms. The van der Waals surface area contributed by atoms with E-state index in [-0.39, 0.29) is 37.7 Å². The number of rotatable bonds is 14. The van der Waals surface area contributed by atoms with E-state index < -0.39 is 21.6 Å². The van der Waals surface area contributed by atoms with Crippen LogP contribution in [0.4, 0.5) is 5.69 Å². The fourth-order valence-corrected chi connectivity index (χ4v) is 5.87. The quantitative estimate of drug-likeness (QED) is 0.261. The molecule has 0 unspecified atom stereocenters. The van der Waals surface area contributed by atoms with Crippen LogP contribution in [0.2, 0.25) is 0 Å². The predicted octanol–water partition coefficient (Wildman–Crippen LogP) is 5.49. The van der Waals surface area contributed by atoms with Crippen molar-refractivity contribution in [1.29, 1.82) is 0 Å². The van der Waals surface area contributed by atoms with Crippen molar-refractivity contribution in [2.75, 3.05) is 23.7 Å². The molecule has 43 heavy (non-hydrogen) atoms. The smallest absolute Gasteiger partial charge is 0.243 e. The largest absolute Gasteiger partial charge is 0.492 e. The van der Waals surface area contributed by atoms with Crippen molar-refractivity contribution in [3.05, 3.63) is 95.6 Å². The molecule has 8 nitrogen and oxygen atoms in total. The second kappa shape index (κ2) is 15.0. The second-order valence-electron chi connectivity index (χ2n) is 11.7. The van der Waals surface area contributed by atoms with Gasteiger partial charge in [0.25, 0.3) is 0 Å². The van der Waals surface area contributed by atoms with Gasteiger partial charge in [0.1, 0.15) is 11.8 Å². The van der Waals surface area contributed by atoms with Crippen LogP contribution in [0.15, 0.2) is 78.9 Å². The van der Waals surface area contributed by atoms with E-state index in [1.165, 1.54) is 4.31 Å². The summed E-state index contributed by atoms with van der Waals surface area (Å²) < 4.78 is 32.6. The summed E-state index contributed by atoms with van der Waals surface area (Å²) in [6, 6.07) is 23.7. The summed E-state index contributed by atoms with van der Waals surface area (Å²) in [6.45, 7) is 10.3. The molecule has 0 aromatic heterocycles. The third-order valence-electron chi connectivity index (χ3n) is 6.96. The number of carbonyl (C=O) groups is 2. The van der Waals surface area contributed by atoms with Crippen molar-refractivity contribution in [2.45, 2.75) is 72.0 Å². The highest BCUT2D eigenvalue weighted by Crippen LogP contribution is 2.30. The van der Waals surface area contributed by atoms with Crippen LogP contribution in [0, 0.1) is 6.92 Å². The average molecular weight is 608 g/mol. The minimum Gasteiger partial charge on any atom is -0.492 e. The molecule has 3 rings (SSSR count). The van der Waals surface area contributed by atoms with Crippen molar-refractivity contribution in [3.8, 4) is 5.75 Å². The average Bonchev–Trinajstić information content (AvgIpc) is 2.93. The Morgan fingerprint density at radius 1 is 0.930 bits per heavy atom. The number of benzene rings is 3. The highest BCUT2D eigenvalue weighted by molar-refractivity contribution is 7.92. The number of nitrogens with one attached hydrogen (secondary N) is 1. The Bertz CT molecular complexity index is 1470. The van der Waals surface area contributed by atoms with Gasteiger partial charge in [-0.25, -0.2) is 8.42 Å². The number of para-hydroxylation sites is 2. The van der Waals surface area contributed by atoms with Crippen LogP contribution in [0.5, 0.6) is 5.75 Å². The van der Waals surface area contributed by atoms with Gasteiger partial charge in [0.15, 0.2) is 0 Å². The molecule has 0 radical (unpaired) electrons. The van der Waals surface area contributed by atoms with Crippen molar-refractivity contribution in [1.82, 2.24) is 10.2 Å². The minimum atomic E-state index is -3.66. The summed E-state index contributed by atoms with van der Waals surface area (Å²) in [5.74, 6) is 0.00573. The number of sulfonamides is 1. The number of anilines is 1. The van der Waals surface area contributed by atoms with E-state index >= 15 is 0 Å². The monoisotopic (exact) mass is 607 g/mol. The predicted molar refractivity (Wildman–Crippen MR) is 173 cm³/mol. The number of amides is 2. The molecule has 1 N–H and O–H groups in total. The molecule has 0 fully saturated rings. The lowest BCUT2D eigenvalue weighted by atomic mass is 9.99. The van der Waals surface area contributed by atoms with E-state index in [4.69, 9.17) is 4.74 Å². The number of hydrogen-bond acceptors (Lipinski definition) is 5. The highest BCUT2D eigenvalue weighted by atomic mass is 32.2. The van der Waals surface area contributed by atoms with Crippen LogP contribution in [-0.4, -0.2) is 56.1 Å². The van der Waals surface area contributed by atoms with Gasteiger partial charge in [0, 0.05) is 31.5 Å². The lowest BCUT2D eigenvalue weighted by Gasteiger charge is -2.34. The van der Waals surface area contributed by atoms with Gasteiger partial charge in [-0.3, -0.25) is 13.9 Å². The zero-order chi connectivity index (χ0) is 31.6. The van der Waals surface area contributed by atoms with E-state index in [0.717, 1.165) is 22.9 Å². The van der Waals surface area contributed by atoms with Gasteiger partial charge in [-0.05, 0) is 69.9 Å². The van der Waals surface area contributed by atoms with Crippen LogP contribution in [0.3, 0.4) is 0 Å². The Balaban J connectivity index is 1.93. The van der Waals surface area contributed by atoms with Crippen LogP contribution < -0.4 is 14.4 Å². The van der Waals surface area contributed by atoms with Crippen molar-refractivity contribution < 1.29 is 22.7 Å². The van der Waals surface area contributed by atoms with Gasteiger partial charge in [-0.15, -0.1) is 0 Å². The molecule has 2 amide bonds. The normalized spacial score (nSPS) is 12.3. The molecule has 0 heterocycles. The first-order valence-corrected chi connectivity index (χ1v) is 16.5. The minimum absolute atomic E-state index is 0.0583. The molecular weight excluding hydrogens is 562 g/mol. The van der Waals surface area contributed by atoms with Gasteiger partial charge in [-0.1, -0.05) is 66.7 Å². The van der Waals surface area contributed by atoms with Gasteiger partial charge >= 0.3 is 0 Å². The summed E-state index contributed by atoms with van der Waals surface area (Å²) in [5, 5.41) is 3.07. The molecular formula is C34H45N3O5S. The van der Waals surface area contributed by atoms with Crippen LogP contribution in [0.1, 0.15) is 57.2 Å². The summed E-state index contributed by atoms with van der Waals surface area (Å²) in [5.41, 5.74) is 2.84. The first kappa shape index (κ1) is 33.6. The number of carbonyl (C=O) groups excluding carboxylic acids is 2. The molecule has 0 aliphatic carbocycles. The first-order valence-electron chi connectivity index (χ1n) is 14.7. The maximum absolute atomic E-state index is 14.1. The summed E-state index contributed by atoms with van der Waals surface area (Å²) in [4.78, 5) is 29.5. The number of aryl methyl sites for hydroxylation is 1. The molecule has 232 valence electrons. The molecule has 3 aromatic rings. The fourth-order valence-electron chi connectivity index (χ4n) is 4.90.